The van der Waals surface area contributed by atoms with Gasteiger partial charge in [0.05, 0.1) is 0 Å². The van der Waals surface area contributed by atoms with E-state index >= 15 is 0 Å². The summed E-state index contributed by atoms with van der Waals surface area (Å²) in [6, 6.07) is 5.24. The van der Waals surface area contributed by atoms with Crippen LogP contribution in [-0.2, 0) is 23.5 Å². The summed E-state index contributed by atoms with van der Waals surface area (Å²) >= 11 is 0. The van der Waals surface area contributed by atoms with E-state index in [9.17, 15) is 12.8 Å². The summed E-state index contributed by atoms with van der Waals surface area (Å²) in [5.41, 5.74) is 0.510. The highest BCUT2D eigenvalue weighted by Crippen LogP contribution is 2.30. The molecule has 0 N–H and O–H groups in total. The molecule has 1 aliphatic carbocycles. The quantitative estimate of drug-likeness (QED) is 0.761. The SMILES string of the molecule is O=[SH](=O)C(F)c1cccc2c1CCC2. The van der Waals surface area contributed by atoms with Crippen LogP contribution in [0.5, 0.6) is 0 Å². The zero-order valence-electron chi connectivity index (χ0n) is 7.57. The van der Waals surface area contributed by atoms with Crippen molar-refractivity contribution >= 4 is 10.7 Å². The molecule has 14 heavy (non-hydrogen) atoms. The van der Waals surface area contributed by atoms with Crippen molar-refractivity contribution in [3.63, 3.8) is 0 Å². The molecule has 0 aromatic heterocycles. The van der Waals surface area contributed by atoms with Crippen molar-refractivity contribution < 1.29 is 12.8 Å². The Morgan fingerprint density at radius 1 is 1.29 bits per heavy atom. The summed E-state index contributed by atoms with van der Waals surface area (Å²) in [5, 5.41) is 0. The Labute approximate surface area is 83.7 Å². The van der Waals surface area contributed by atoms with Crippen molar-refractivity contribution in [1.82, 2.24) is 0 Å². The van der Waals surface area contributed by atoms with Crippen LogP contribution >= 0.6 is 0 Å². The molecule has 1 unspecified atom stereocenters. The van der Waals surface area contributed by atoms with Crippen LogP contribution in [0.4, 0.5) is 4.39 Å². The van der Waals surface area contributed by atoms with Crippen LogP contribution in [0.3, 0.4) is 0 Å². The first kappa shape index (κ1) is 9.65. The van der Waals surface area contributed by atoms with Gasteiger partial charge < -0.3 is 0 Å². The molecule has 1 aromatic carbocycles. The molecule has 76 valence electrons. The van der Waals surface area contributed by atoms with Crippen LogP contribution in [0.15, 0.2) is 18.2 Å². The van der Waals surface area contributed by atoms with Gasteiger partial charge in [-0.15, -0.1) is 0 Å². The summed E-state index contributed by atoms with van der Waals surface area (Å²) in [5.74, 6) is 0. The van der Waals surface area contributed by atoms with Crippen LogP contribution in [0, 0.1) is 0 Å². The largest absolute Gasteiger partial charge is 0.228 e. The third-order valence-electron chi connectivity index (χ3n) is 2.62. The molecule has 2 nitrogen and oxygen atoms in total. The number of aryl methyl sites for hydroxylation is 1. The van der Waals surface area contributed by atoms with Gasteiger partial charge in [-0.25, -0.2) is 12.8 Å². The van der Waals surface area contributed by atoms with E-state index in [0.29, 0.717) is 5.56 Å². The van der Waals surface area contributed by atoms with E-state index in [1.165, 1.54) is 0 Å². The highest BCUT2D eigenvalue weighted by atomic mass is 32.2. The van der Waals surface area contributed by atoms with E-state index in [4.69, 9.17) is 0 Å². The van der Waals surface area contributed by atoms with Gasteiger partial charge in [0, 0.05) is 5.56 Å². The predicted octanol–water partition coefficient (Wildman–Crippen LogP) is 1.75. The number of halogens is 1. The molecule has 0 saturated carbocycles. The second kappa shape index (κ2) is 3.69. The van der Waals surface area contributed by atoms with Crippen LogP contribution in [0.25, 0.3) is 0 Å². The van der Waals surface area contributed by atoms with E-state index in [-0.39, 0.29) is 0 Å². The van der Waals surface area contributed by atoms with Crippen molar-refractivity contribution in [1.29, 1.82) is 0 Å². The third-order valence-corrected chi connectivity index (χ3v) is 3.27. The van der Waals surface area contributed by atoms with Crippen LogP contribution in [0.1, 0.15) is 28.6 Å². The Hall–Kier alpha value is -0.900. The van der Waals surface area contributed by atoms with Gasteiger partial charge in [0.1, 0.15) is 0 Å². The maximum absolute atomic E-state index is 13.3. The lowest BCUT2D eigenvalue weighted by Gasteiger charge is -2.07. The second-order valence-electron chi connectivity index (χ2n) is 3.46. The summed E-state index contributed by atoms with van der Waals surface area (Å²) in [4.78, 5) is 0. The molecular weight excluding hydrogens is 203 g/mol. The van der Waals surface area contributed by atoms with Crippen molar-refractivity contribution in [3.8, 4) is 0 Å². The topological polar surface area (TPSA) is 34.1 Å². The molecule has 0 heterocycles. The number of benzene rings is 1. The van der Waals surface area contributed by atoms with Gasteiger partial charge in [0.15, 0.2) is 10.7 Å². The summed E-state index contributed by atoms with van der Waals surface area (Å²) in [6.07, 6.45) is 2.73. The lowest BCUT2D eigenvalue weighted by atomic mass is 10.0. The number of hydrogen-bond donors (Lipinski definition) is 1. The molecule has 0 fully saturated rings. The van der Waals surface area contributed by atoms with Crippen LogP contribution in [-0.4, -0.2) is 8.42 Å². The number of alkyl halides is 1. The molecule has 0 radical (unpaired) electrons. The third kappa shape index (κ3) is 1.54. The lowest BCUT2D eigenvalue weighted by molar-refractivity contribution is 0.439. The standard InChI is InChI=1S/C10H11FO2S/c11-10(14(12)13)9-6-2-4-7-3-1-5-8(7)9/h2,4,6,10,14H,1,3,5H2. The number of rotatable bonds is 2. The second-order valence-corrected chi connectivity index (χ2v) is 4.48. The molecule has 1 atom stereocenters. The monoisotopic (exact) mass is 214 g/mol. The average molecular weight is 214 g/mol. The minimum absolute atomic E-state index is 0.344. The normalized spacial score (nSPS) is 17.0. The fraction of sp³-hybridized carbons (Fsp3) is 0.400. The number of hydrogen-bond acceptors (Lipinski definition) is 2. The molecule has 0 aliphatic heterocycles. The molecule has 0 saturated heterocycles. The maximum Gasteiger partial charge on any atom is 0.223 e. The summed E-state index contributed by atoms with van der Waals surface area (Å²) in [7, 11) is -3.01. The molecule has 0 spiro atoms. The first-order chi connectivity index (χ1) is 6.70. The van der Waals surface area contributed by atoms with E-state index in [1.54, 1.807) is 12.1 Å². The van der Waals surface area contributed by atoms with Crippen molar-refractivity contribution in [2.45, 2.75) is 24.8 Å². The summed E-state index contributed by atoms with van der Waals surface area (Å²) < 4.78 is 34.4. The van der Waals surface area contributed by atoms with E-state index in [1.807, 2.05) is 6.07 Å². The van der Waals surface area contributed by atoms with Crippen molar-refractivity contribution in [2.24, 2.45) is 0 Å². The average Bonchev–Trinajstić information content (AvgIpc) is 2.63. The van der Waals surface area contributed by atoms with Gasteiger partial charge in [-0.3, -0.25) is 0 Å². The molecule has 2 rings (SSSR count). The minimum atomic E-state index is -3.01. The first-order valence-corrected chi connectivity index (χ1v) is 5.83. The van der Waals surface area contributed by atoms with Gasteiger partial charge in [-0.05, 0) is 30.4 Å². The Kier molecular flexibility index (Phi) is 2.54. The van der Waals surface area contributed by atoms with Crippen LogP contribution < -0.4 is 0 Å². The molecule has 1 aromatic rings. The van der Waals surface area contributed by atoms with Gasteiger partial charge in [0.2, 0.25) is 5.50 Å². The smallest absolute Gasteiger partial charge is 0.223 e. The Balaban J connectivity index is 2.49. The van der Waals surface area contributed by atoms with Crippen LogP contribution in [0.2, 0.25) is 0 Å². The van der Waals surface area contributed by atoms with E-state index < -0.39 is 16.2 Å². The fourth-order valence-electron chi connectivity index (χ4n) is 1.99. The number of thiol groups is 1. The zero-order chi connectivity index (χ0) is 10.1. The van der Waals surface area contributed by atoms with E-state index in [2.05, 4.69) is 0 Å². The van der Waals surface area contributed by atoms with E-state index in [0.717, 1.165) is 30.4 Å². The Morgan fingerprint density at radius 2 is 2.07 bits per heavy atom. The van der Waals surface area contributed by atoms with Gasteiger partial charge in [-0.2, -0.15) is 0 Å². The Bertz CT molecular complexity index is 418. The Morgan fingerprint density at radius 3 is 2.79 bits per heavy atom. The van der Waals surface area contributed by atoms with Crippen molar-refractivity contribution in [2.75, 3.05) is 0 Å². The van der Waals surface area contributed by atoms with Gasteiger partial charge in [-0.1, -0.05) is 18.2 Å². The first-order valence-electron chi connectivity index (χ1n) is 4.58. The molecule has 0 amide bonds. The summed E-state index contributed by atoms with van der Waals surface area (Å²) in [6.45, 7) is 0. The lowest BCUT2D eigenvalue weighted by Crippen LogP contribution is -1.98. The van der Waals surface area contributed by atoms with Crippen molar-refractivity contribution in [3.05, 3.63) is 34.9 Å². The predicted molar refractivity (Wildman–Crippen MR) is 52.6 cm³/mol. The highest BCUT2D eigenvalue weighted by molar-refractivity contribution is 7.72. The number of fused-ring (bicyclic) bond motifs is 1. The van der Waals surface area contributed by atoms with Gasteiger partial charge >= 0.3 is 0 Å². The highest BCUT2D eigenvalue weighted by Gasteiger charge is 2.21. The molecule has 1 aliphatic rings. The molecule has 4 heteroatoms. The molecular formula is C10H11FO2S. The maximum atomic E-state index is 13.3. The molecule has 0 bridgehead atoms. The minimum Gasteiger partial charge on any atom is -0.228 e. The van der Waals surface area contributed by atoms with Gasteiger partial charge in [0.25, 0.3) is 0 Å². The zero-order valence-corrected chi connectivity index (χ0v) is 8.47. The fourth-order valence-corrected chi connectivity index (χ4v) is 2.46.